The summed E-state index contributed by atoms with van der Waals surface area (Å²) >= 11 is 0. The number of alkyl halides is 3. The highest BCUT2D eigenvalue weighted by Gasteiger charge is 2.30. The Kier molecular flexibility index (Phi) is 6.57. The molecule has 0 radical (unpaired) electrons. The molecule has 0 saturated heterocycles. The highest BCUT2D eigenvalue weighted by Crippen LogP contribution is 2.29. The second-order valence-electron chi connectivity index (χ2n) is 6.57. The maximum absolute atomic E-state index is 12.6. The Labute approximate surface area is 171 Å². The number of aryl methyl sites for hydroxylation is 1. The van der Waals surface area contributed by atoms with Gasteiger partial charge in [-0.2, -0.15) is 13.2 Å². The number of benzene rings is 2. The molecular weight excluding hydrogens is 425 g/mol. The lowest BCUT2D eigenvalue weighted by molar-refractivity contribution is -0.137. The number of primary sulfonamides is 1. The van der Waals surface area contributed by atoms with Gasteiger partial charge in [-0.25, -0.2) is 18.4 Å². The van der Waals surface area contributed by atoms with Crippen LogP contribution in [0.1, 0.15) is 34.0 Å². The number of hydrogen-bond acceptors (Lipinski definition) is 5. The molecule has 0 spiro atoms. The van der Waals surface area contributed by atoms with Crippen LogP contribution in [0, 0.1) is 13.8 Å². The van der Waals surface area contributed by atoms with Crippen LogP contribution in [0.2, 0.25) is 0 Å². The van der Waals surface area contributed by atoms with Crippen LogP contribution in [-0.4, -0.2) is 26.4 Å². The number of nitrogens with one attached hydrogen (secondary N) is 1. The van der Waals surface area contributed by atoms with Gasteiger partial charge in [-0.05, 0) is 68.3 Å². The van der Waals surface area contributed by atoms with Gasteiger partial charge >= 0.3 is 12.1 Å². The van der Waals surface area contributed by atoms with Crippen molar-refractivity contribution in [1.82, 2.24) is 0 Å². The Hall–Kier alpha value is -2.92. The van der Waals surface area contributed by atoms with E-state index in [1.165, 1.54) is 19.9 Å². The first-order valence-corrected chi connectivity index (χ1v) is 10.1. The minimum atomic E-state index is -4.51. The van der Waals surface area contributed by atoms with Crippen molar-refractivity contribution in [3.63, 3.8) is 0 Å². The van der Waals surface area contributed by atoms with Crippen molar-refractivity contribution in [3.8, 4) is 0 Å². The van der Waals surface area contributed by atoms with Gasteiger partial charge in [0.15, 0.2) is 6.10 Å². The molecular formula is C19H19F3N2O5S. The zero-order chi connectivity index (χ0) is 22.9. The van der Waals surface area contributed by atoms with Crippen molar-refractivity contribution in [2.45, 2.75) is 37.9 Å². The third-order valence-corrected chi connectivity index (χ3v) is 5.33. The molecule has 0 aliphatic rings. The maximum Gasteiger partial charge on any atom is 0.416 e. The molecule has 1 amide bonds. The van der Waals surface area contributed by atoms with E-state index in [1.54, 1.807) is 6.92 Å². The lowest BCUT2D eigenvalue weighted by Gasteiger charge is -2.15. The molecule has 1 unspecified atom stereocenters. The van der Waals surface area contributed by atoms with Gasteiger partial charge in [-0.15, -0.1) is 0 Å². The summed E-state index contributed by atoms with van der Waals surface area (Å²) in [5.74, 6) is -1.74. The summed E-state index contributed by atoms with van der Waals surface area (Å²) < 4.78 is 66.2. The molecule has 11 heteroatoms. The summed E-state index contributed by atoms with van der Waals surface area (Å²) in [6.45, 7) is 4.38. The highest BCUT2D eigenvalue weighted by molar-refractivity contribution is 7.89. The van der Waals surface area contributed by atoms with Gasteiger partial charge in [0.1, 0.15) is 0 Å². The number of hydrogen-bond donors (Lipinski definition) is 2. The summed E-state index contributed by atoms with van der Waals surface area (Å²) in [4.78, 5) is 24.3. The van der Waals surface area contributed by atoms with Crippen molar-refractivity contribution in [1.29, 1.82) is 0 Å². The first-order chi connectivity index (χ1) is 13.7. The van der Waals surface area contributed by atoms with Crippen LogP contribution in [0.3, 0.4) is 0 Å². The normalized spacial score (nSPS) is 12.9. The van der Waals surface area contributed by atoms with Gasteiger partial charge in [0.25, 0.3) is 5.91 Å². The number of halogens is 3. The van der Waals surface area contributed by atoms with E-state index in [9.17, 15) is 31.2 Å². The maximum atomic E-state index is 12.6. The summed E-state index contributed by atoms with van der Waals surface area (Å²) in [6, 6.07) is 6.19. The lowest BCUT2D eigenvalue weighted by Crippen LogP contribution is -2.30. The van der Waals surface area contributed by atoms with E-state index in [0.717, 1.165) is 30.3 Å². The predicted molar refractivity (Wildman–Crippen MR) is 102 cm³/mol. The quantitative estimate of drug-likeness (QED) is 0.688. The van der Waals surface area contributed by atoms with Gasteiger partial charge in [0.2, 0.25) is 10.0 Å². The topological polar surface area (TPSA) is 116 Å². The van der Waals surface area contributed by atoms with Crippen molar-refractivity contribution >= 4 is 27.6 Å². The second-order valence-corrected chi connectivity index (χ2v) is 8.10. The number of amides is 1. The molecule has 0 bridgehead atoms. The van der Waals surface area contributed by atoms with Crippen LogP contribution < -0.4 is 10.5 Å². The summed E-state index contributed by atoms with van der Waals surface area (Å²) in [5, 5.41) is 7.49. The van der Waals surface area contributed by atoms with Crippen molar-refractivity contribution in [3.05, 3.63) is 58.7 Å². The first kappa shape index (κ1) is 23.4. The zero-order valence-corrected chi connectivity index (χ0v) is 17.0. The largest absolute Gasteiger partial charge is 0.449 e. The number of anilines is 1. The molecule has 0 aliphatic carbocycles. The van der Waals surface area contributed by atoms with Crippen molar-refractivity contribution in [2.24, 2.45) is 5.14 Å². The molecule has 3 N–H and O–H groups in total. The predicted octanol–water partition coefficient (Wildman–Crippen LogP) is 3.15. The fraction of sp³-hybridized carbons (Fsp3) is 0.263. The van der Waals surface area contributed by atoms with Gasteiger partial charge in [-0.3, -0.25) is 4.79 Å². The molecule has 2 aromatic carbocycles. The summed E-state index contributed by atoms with van der Waals surface area (Å²) in [7, 11) is -4.08. The molecule has 0 heterocycles. The lowest BCUT2D eigenvalue weighted by atomic mass is 10.1. The van der Waals surface area contributed by atoms with Crippen LogP contribution >= 0.6 is 0 Å². The van der Waals surface area contributed by atoms with E-state index in [-0.39, 0.29) is 16.1 Å². The third-order valence-electron chi connectivity index (χ3n) is 4.29. The fourth-order valence-electron chi connectivity index (χ4n) is 2.51. The minimum absolute atomic E-state index is 0.0820. The number of carbonyl (C=O) groups is 2. The van der Waals surface area contributed by atoms with Crippen LogP contribution in [0.25, 0.3) is 0 Å². The average molecular weight is 444 g/mol. The molecule has 0 saturated carbocycles. The van der Waals surface area contributed by atoms with Crippen LogP contribution in [0.15, 0.2) is 41.3 Å². The molecule has 2 aromatic rings. The summed E-state index contributed by atoms with van der Waals surface area (Å²) in [5.41, 5.74) is -0.0484. The van der Waals surface area contributed by atoms with Crippen molar-refractivity contribution < 1.29 is 35.9 Å². The first-order valence-electron chi connectivity index (χ1n) is 8.53. The molecule has 0 aromatic heterocycles. The molecule has 162 valence electrons. The minimum Gasteiger partial charge on any atom is -0.449 e. The fourth-order valence-corrected chi connectivity index (χ4v) is 3.39. The Morgan fingerprint density at radius 3 is 2.17 bits per heavy atom. The standard InChI is InChI=1S/C19H19F3N2O5S/c1-10-8-13(9-16(11(10)2)30(23,27)28)18(26)29-12(3)17(25)24-15-6-4-14(5-7-15)19(20,21)22/h4-9,12H,1-3H3,(H,24,25)(H2,23,27,28). The van der Waals surface area contributed by atoms with Gasteiger partial charge in [-0.1, -0.05) is 0 Å². The number of carbonyl (C=O) groups excluding carboxylic acids is 2. The van der Waals surface area contributed by atoms with Crippen LogP contribution in [-0.2, 0) is 25.7 Å². The van der Waals surface area contributed by atoms with Gasteiger partial charge < -0.3 is 10.1 Å². The van der Waals surface area contributed by atoms with E-state index in [4.69, 9.17) is 9.88 Å². The highest BCUT2D eigenvalue weighted by atomic mass is 32.2. The van der Waals surface area contributed by atoms with Crippen LogP contribution in [0.5, 0.6) is 0 Å². The Morgan fingerprint density at radius 1 is 1.10 bits per heavy atom. The number of sulfonamides is 1. The Morgan fingerprint density at radius 2 is 1.67 bits per heavy atom. The van der Waals surface area contributed by atoms with Crippen LogP contribution in [0.4, 0.5) is 18.9 Å². The molecule has 0 fully saturated rings. The Balaban J connectivity index is 2.12. The number of nitrogens with two attached hydrogens (primary N) is 1. The number of esters is 1. The Bertz CT molecular complexity index is 1080. The van der Waals surface area contributed by atoms with E-state index in [2.05, 4.69) is 5.32 Å². The van der Waals surface area contributed by atoms with E-state index in [1.807, 2.05) is 0 Å². The molecule has 0 aliphatic heterocycles. The second kappa shape index (κ2) is 8.44. The molecule has 7 nitrogen and oxygen atoms in total. The van der Waals surface area contributed by atoms with Gasteiger partial charge in [0.05, 0.1) is 16.0 Å². The monoisotopic (exact) mass is 444 g/mol. The smallest absolute Gasteiger partial charge is 0.416 e. The van der Waals surface area contributed by atoms with Crippen molar-refractivity contribution in [2.75, 3.05) is 5.32 Å². The average Bonchev–Trinajstić information content (AvgIpc) is 2.62. The van der Waals surface area contributed by atoms with Gasteiger partial charge in [0, 0.05) is 5.69 Å². The van der Waals surface area contributed by atoms with E-state index >= 15 is 0 Å². The van der Waals surface area contributed by atoms with E-state index in [0.29, 0.717) is 11.1 Å². The number of ether oxygens (including phenoxy) is 1. The summed E-state index contributed by atoms with van der Waals surface area (Å²) in [6.07, 6.45) is -5.81. The van der Waals surface area contributed by atoms with E-state index < -0.39 is 39.7 Å². The number of rotatable bonds is 5. The molecule has 30 heavy (non-hydrogen) atoms. The zero-order valence-electron chi connectivity index (χ0n) is 16.2. The SMILES string of the molecule is Cc1cc(C(=O)OC(C)C(=O)Nc2ccc(C(F)(F)F)cc2)cc(S(N)(=O)=O)c1C. The molecule has 1 atom stereocenters. The third kappa shape index (κ3) is 5.57. The molecule has 2 rings (SSSR count).